The highest BCUT2D eigenvalue weighted by molar-refractivity contribution is 7.85. The Morgan fingerprint density at radius 3 is 1.15 bits per heavy atom. The van der Waals surface area contributed by atoms with E-state index in [-0.39, 0.29) is 17.2 Å². The first-order chi connectivity index (χ1) is 22.8. The highest BCUT2D eigenvalue weighted by Crippen LogP contribution is 2.64. The molecule has 1 unspecified atom stereocenters. The summed E-state index contributed by atoms with van der Waals surface area (Å²) in [6.07, 6.45) is -24.4. The van der Waals surface area contributed by atoms with Crippen molar-refractivity contribution in [1.82, 2.24) is 10.2 Å². The number of alkyl halides is 24. The van der Waals surface area contributed by atoms with Crippen LogP contribution < -0.4 is 10.2 Å². The van der Waals surface area contributed by atoms with E-state index in [1.807, 2.05) is 6.92 Å². The van der Waals surface area contributed by atoms with Gasteiger partial charge < -0.3 is 14.8 Å². The standard InChI is InChI=1S/C17H13F24N3O.C4H10O3S/c1-43(2)5-3-4-42-6(45)7(18,12(27,28)29)15(36,37)44(16(38,39)10(23,24)8(19,20)13(30,31)32)17(40,41)11(25,26)9(21,22)14(33,34)35;1-2-3-4-8(5,6)7/h3-5H2,1-2H3,(H,42,45);2-4H2,1H3,(H,5,6,7). The predicted molar refractivity (Wildman–Crippen MR) is 123 cm³/mol. The molecule has 0 heterocycles. The zero-order valence-corrected chi connectivity index (χ0v) is 26.6. The van der Waals surface area contributed by atoms with E-state index in [2.05, 4.69) is 0 Å². The molecular weight excluding hydrogens is 846 g/mol. The first-order valence-electron chi connectivity index (χ1n) is 13.1. The van der Waals surface area contributed by atoms with Crippen LogP contribution >= 0.6 is 0 Å². The van der Waals surface area contributed by atoms with Gasteiger partial charge in [-0.15, -0.1) is 4.90 Å². The van der Waals surface area contributed by atoms with Gasteiger partial charge in [0.2, 0.25) is 0 Å². The number of hydrogen-bond acceptors (Lipinski definition) is 5. The van der Waals surface area contributed by atoms with Crippen LogP contribution in [0.15, 0.2) is 0 Å². The van der Waals surface area contributed by atoms with E-state index in [1.54, 1.807) is 0 Å². The van der Waals surface area contributed by atoms with Gasteiger partial charge in [-0.05, 0) is 6.42 Å². The van der Waals surface area contributed by atoms with Crippen molar-refractivity contribution in [1.29, 1.82) is 0 Å². The van der Waals surface area contributed by atoms with Gasteiger partial charge >= 0.3 is 66.0 Å². The number of amides is 1. The third-order valence-corrected chi connectivity index (χ3v) is 6.89. The van der Waals surface area contributed by atoms with Crippen LogP contribution in [0.2, 0.25) is 0 Å². The molecule has 7 nitrogen and oxygen atoms in total. The second-order valence-electron chi connectivity index (χ2n) is 10.6. The van der Waals surface area contributed by atoms with E-state index in [0.29, 0.717) is 11.7 Å². The molecule has 0 aromatic carbocycles. The third-order valence-electron chi connectivity index (χ3n) is 6.10. The molecule has 0 saturated carbocycles. The zero-order valence-electron chi connectivity index (χ0n) is 25.8. The lowest BCUT2D eigenvalue weighted by molar-refractivity contribution is -0.858. The van der Waals surface area contributed by atoms with E-state index in [4.69, 9.17) is 0 Å². The van der Waals surface area contributed by atoms with Gasteiger partial charge in [-0.25, -0.2) is 12.8 Å². The molecular formula is C21H23F24N3O4S. The third kappa shape index (κ3) is 10.1. The molecule has 1 amide bonds. The molecule has 0 aliphatic rings. The van der Waals surface area contributed by atoms with Gasteiger partial charge in [-0.2, -0.15) is 101 Å². The summed E-state index contributed by atoms with van der Waals surface area (Å²) in [5.41, 5.74) is -8.23. The molecule has 0 fully saturated rings. The van der Waals surface area contributed by atoms with Crippen LogP contribution in [0.1, 0.15) is 26.2 Å². The Kier molecular flexibility index (Phi) is 15.9. The first kappa shape index (κ1) is 52.7. The lowest BCUT2D eigenvalue weighted by Gasteiger charge is -2.50. The normalized spacial score (nSPS) is 16.3. The predicted octanol–water partition coefficient (Wildman–Crippen LogP) is 5.99. The minimum Gasteiger partial charge on any atom is -0.748 e. The number of hydrogen-bond donors (Lipinski definition) is 2. The summed E-state index contributed by atoms with van der Waals surface area (Å²) < 4.78 is 354. The first-order valence-corrected chi connectivity index (χ1v) is 14.7. The molecule has 2 N–H and O–H groups in total. The molecule has 53 heavy (non-hydrogen) atoms. The Bertz CT molecular complexity index is 1280. The van der Waals surface area contributed by atoms with Gasteiger partial charge in [0.05, 0.1) is 30.8 Å². The number of unbranched alkanes of at least 4 members (excludes halogenated alkanes) is 1. The number of nitrogens with one attached hydrogen (secondary N) is 2. The van der Waals surface area contributed by atoms with Gasteiger partial charge in [-0.1, -0.05) is 13.3 Å². The summed E-state index contributed by atoms with van der Waals surface area (Å²) in [6, 6.07) is -28.3. The number of nitrogens with zero attached hydrogens (tertiary/aromatic N) is 1. The Morgan fingerprint density at radius 2 is 0.925 bits per heavy atom. The lowest BCUT2D eigenvalue weighted by atomic mass is 9.95. The van der Waals surface area contributed by atoms with Crippen molar-refractivity contribution >= 4 is 16.0 Å². The summed E-state index contributed by atoms with van der Waals surface area (Å²) in [6.45, 7) is -0.119. The topological polar surface area (TPSA) is 94.0 Å². The quantitative estimate of drug-likeness (QED) is 0.0862. The number of carbonyl (C=O) groups is 1. The average molecular weight is 869 g/mol. The van der Waals surface area contributed by atoms with Crippen LogP contribution in [0.3, 0.4) is 0 Å². The maximum absolute atomic E-state index is 14.9. The Labute approximate surface area is 280 Å². The average Bonchev–Trinajstić information content (AvgIpc) is 2.90. The molecule has 0 rings (SSSR count). The molecule has 1 atom stereocenters. The van der Waals surface area contributed by atoms with E-state index >= 15 is 0 Å². The minimum absolute atomic E-state index is 0.219. The highest BCUT2D eigenvalue weighted by Gasteiger charge is 2.95. The molecule has 0 bridgehead atoms. The lowest BCUT2D eigenvalue weighted by Crippen LogP contribution is -3.05. The van der Waals surface area contributed by atoms with Crippen molar-refractivity contribution < 1.29 is 128 Å². The molecule has 0 radical (unpaired) electrons. The van der Waals surface area contributed by atoms with Crippen LogP contribution in [0.25, 0.3) is 0 Å². The van der Waals surface area contributed by atoms with Gasteiger partial charge in [0, 0.05) is 18.7 Å². The van der Waals surface area contributed by atoms with E-state index in [9.17, 15) is 123 Å². The molecule has 320 valence electrons. The van der Waals surface area contributed by atoms with Crippen LogP contribution in [-0.4, -0.2) is 123 Å². The maximum atomic E-state index is 14.9. The summed E-state index contributed by atoms with van der Waals surface area (Å²) in [5.74, 6) is -40.9. The Morgan fingerprint density at radius 1 is 0.585 bits per heavy atom. The van der Waals surface area contributed by atoms with E-state index in [0.717, 1.165) is 6.42 Å². The summed E-state index contributed by atoms with van der Waals surface area (Å²) in [7, 11) is -1.52. The monoisotopic (exact) mass is 869 g/mol. The fourth-order valence-corrected chi connectivity index (χ4v) is 3.86. The van der Waals surface area contributed by atoms with Crippen molar-refractivity contribution in [2.24, 2.45) is 0 Å². The number of rotatable bonds is 16. The van der Waals surface area contributed by atoms with Crippen molar-refractivity contribution in [2.45, 2.75) is 92.2 Å². The van der Waals surface area contributed by atoms with Crippen LogP contribution in [0.5, 0.6) is 0 Å². The zero-order chi connectivity index (χ0) is 43.7. The molecule has 0 aliphatic heterocycles. The minimum atomic E-state index is -9.55. The second-order valence-corrected chi connectivity index (χ2v) is 12.1. The van der Waals surface area contributed by atoms with Crippen molar-refractivity contribution in [3.8, 4) is 0 Å². The van der Waals surface area contributed by atoms with Crippen molar-refractivity contribution in [3.63, 3.8) is 0 Å². The number of halogens is 24. The van der Waals surface area contributed by atoms with Gasteiger partial charge in [0.25, 0.3) is 5.91 Å². The molecule has 0 aromatic rings. The SMILES string of the molecule is CCCCS(=O)(=O)[O-].C[NH+](C)CCCNC(=O)C(F)(C(F)(F)F)C(F)(F)N(C(F)(F)C(F)(F)C(F)(F)C(F)(F)F)C(F)(F)C(F)(F)C(F)(F)C(F)(F)F. The summed E-state index contributed by atoms with van der Waals surface area (Å²) in [5, 5.41) is 0.361. The molecule has 0 aromatic heterocycles. The fraction of sp³-hybridized carbons (Fsp3) is 0.952. The summed E-state index contributed by atoms with van der Waals surface area (Å²) >= 11 is 0. The van der Waals surface area contributed by atoms with Crippen molar-refractivity contribution in [2.75, 3.05) is 32.9 Å². The fourth-order valence-electron chi connectivity index (χ4n) is 3.22. The number of quaternary nitrogens is 1. The highest BCUT2D eigenvalue weighted by atomic mass is 32.2. The maximum Gasteiger partial charge on any atom is 0.460 e. The molecule has 0 spiro atoms. The van der Waals surface area contributed by atoms with E-state index in [1.165, 1.54) is 14.1 Å². The van der Waals surface area contributed by atoms with Gasteiger partial charge in [-0.3, -0.25) is 4.79 Å². The van der Waals surface area contributed by atoms with Crippen LogP contribution in [0, 0.1) is 0 Å². The Balaban J connectivity index is 0. The van der Waals surface area contributed by atoms with Crippen molar-refractivity contribution in [3.05, 3.63) is 0 Å². The second kappa shape index (κ2) is 16.0. The molecule has 0 saturated heterocycles. The largest absolute Gasteiger partial charge is 0.748 e. The van der Waals surface area contributed by atoms with Gasteiger partial charge in [0.1, 0.15) is 0 Å². The summed E-state index contributed by atoms with van der Waals surface area (Å²) in [4.78, 5) is 6.28. The molecule has 32 heteroatoms. The van der Waals surface area contributed by atoms with Crippen LogP contribution in [-0.2, 0) is 14.9 Å². The van der Waals surface area contributed by atoms with Gasteiger partial charge in [0.15, 0.2) is 0 Å². The Hall–Kier alpha value is -2.38. The molecule has 0 aliphatic carbocycles. The number of carbonyl (C=O) groups excluding carboxylic acids is 1. The smallest absolute Gasteiger partial charge is 0.460 e. The van der Waals surface area contributed by atoms with E-state index < -0.39 is 99.9 Å². The van der Waals surface area contributed by atoms with Crippen LogP contribution in [0.4, 0.5) is 105 Å².